The second-order valence-electron chi connectivity index (χ2n) is 7.49. The summed E-state index contributed by atoms with van der Waals surface area (Å²) in [5, 5.41) is 3.00. The number of amides is 1. The van der Waals surface area contributed by atoms with Crippen LogP contribution >= 0.6 is 0 Å². The highest BCUT2D eigenvalue weighted by molar-refractivity contribution is 7.90. The highest BCUT2D eigenvalue weighted by Gasteiger charge is 2.21. The zero-order valence-electron chi connectivity index (χ0n) is 18.6. The van der Waals surface area contributed by atoms with Gasteiger partial charge in [0.05, 0.1) is 11.7 Å². The molecule has 9 heteroatoms. The number of rotatable bonds is 12. The maximum Gasteiger partial charge on any atom is 0.293 e. The molecule has 8 nitrogen and oxygen atoms in total. The summed E-state index contributed by atoms with van der Waals surface area (Å²) in [6.45, 7) is 2.12. The molecule has 0 saturated heterocycles. The zero-order valence-corrected chi connectivity index (χ0v) is 19.5. The summed E-state index contributed by atoms with van der Waals surface area (Å²) < 4.78 is 37.6. The molecule has 0 bridgehead atoms. The SMILES string of the molecule is CC(C(=O)NS(=O)(=O)CCNc1ccccc1COC=O)c1cccc(Oc2ccccc2)c1. The van der Waals surface area contributed by atoms with Crippen LogP contribution in [0.3, 0.4) is 0 Å². The molecular weight excluding hydrogens is 456 g/mol. The molecular formula is C25H26N2O6S. The van der Waals surface area contributed by atoms with E-state index in [1.165, 1.54) is 0 Å². The molecule has 0 heterocycles. The molecule has 0 aliphatic heterocycles. The molecule has 0 aliphatic rings. The van der Waals surface area contributed by atoms with Gasteiger partial charge in [-0.3, -0.25) is 14.3 Å². The lowest BCUT2D eigenvalue weighted by molar-refractivity contribution is -0.129. The molecule has 0 aromatic heterocycles. The van der Waals surface area contributed by atoms with Crippen molar-refractivity contribution in [1.82, 2.24) is 4.72 Å². The normalized spacial score (nSPS) is 11.8. The topological polar surface area (TPSA) is 111 Å². The Morgan fingerprint density at radius 1 is 0.971 bits per heavy atom. The number of sulfonamides is 1. The summed E-state index contributed by atoms with van der Waals surface area (Å²) in [6, 6.07) is 23.3. The summed E-state index contributed by atoms with van der Waals surface area (Å²) in [5.74, 6) is -0.440. The number of para-hydroxylation sites is 2. The third-order valence-corrected chi connectivity index (χ3v) is 6.25. The molecule has 3 rings (SSSR count). The van der Waals surface area contributed by atoms with Crippen molar-refractivity contribution < 1.29 is 27.5 Å². The average molecular weight is 483 g/mol. The molecule has 178 valence electrons. The Kier molecular flexibility index (Phi) is 8.64. The van der Waals surface area contributed by atoms with Gasteiger partial charge in [0, 0.05) is 17.8 Å². The highest BCUT2D eigenvalue weighted by atomic mass is 32.2. The van der Waals surface area contributed by atoms with Crippen molar-refractivity contribution in [2.75, 3.05) is 17.6 Å². The molecule has 2 N–H and O–H groups in total. The first-order valence-corrected chi connectivity index (χ1v) is 12.3. The number of ether oxygens (including phenoxy) is 2. The summed E-state index contributed by atoms with van der Waals surface area (Å²) in [6.07, 6.45) is 0. The second kappa shape index (κ2) is 11.9. The van der Waals surface area contributed by atoms with Gasteiger partial charge in [-0.2, -0.15) is 0 Å². The van der Waals surface area contributed by atoms with Crippen molar-refractivity contribution in [2.45, 2.75) is 19.4 Å². The molecule has 0 radical (unpaired) electrons. The van der Waals surface area contributed by atoms with Crippen molar-refractivity contribution in [2.24, 2.45) is 0 Å². The fraction of sp³-hybridized carbons (Fsp3) is 0.200. The van der Waals surface area contributed by atoms with Gasteiger partial charge in [-0.15, -0.1) is 0 Å². The Hall–Kier alpha value is -3.85. The van der Waals surface area contributed by atoms with Gasteiger partial charge < -0.3 is 14.8 Å². The smallest absolute Gasteiger partial charge is 0.293 e. The van der Waals surface area contributed by atoms with Crippen LogP contribution in [0.25, 0.3) is 0 Å². The van der Waals surface area contributed by atoms with Gasteiger partial charge in [-0.05, 0) is 42.8 Å². The van der Waals surface area contributed by atoms with E-state index in [9.17, 15) is 18.0 Å². The van der Waals surface area contributed by atoms with Gasteiger partial charge in [0.15, 0.2) is 0 Å². The minimum absolute atomic E-state index is 0.0650. The van der Waals surface area contributed by atoms with Crippen LogP contribution in [0.15, 0.2) is 78.9 Å². The molecule has 3 aromatic carbocycles. The lowest BCUT2D eigenvalue weighted by Gasteiger charge is -2.15. The van der Waals surface area contributed by atoms with Crippen LogP contribution in [-0.2, 0) is 31.0 Å². The van der Waals surface area contributed by atoms with Crippen molar-refractivity contribution in [3.63, 3.8) is 0 Å². The fourth-order valence-electron chi connectivity index (χ4n) is 3.18. The third-order valence-electron chi connectivity index (χ3n) is 5.00. The van der Waals surface area contributed by atoms with Gasteiger partial charge in [-0.1, -0.05) is 48.5 Å². The zero-order chi connectivity index (χ0) is 24.4. The lowest BCUT2D eigenvalue weighted by atomic mass is 10.0. The van der Waals surface area contributed by atoms with Crippen molar-refractivity contribution in [3.05, 3.63) is 90.0 Å². The number of benzene rings is 3. The standard InChI is InChI=1S/C25H26N2O6S/c1-19(20-9-7-12-23(16-20)33-22-10-3-2-4-11-22)25(29)27-34(30,31)15-14-26-24-13-6-5-8-21(24)17-32-18-28/h2-13,16,18-19,26H,14-15,17H2,1H3,(H,27,29). The van der Waals surface area contributed by atoms with E-state index in [4.69, 9.17) is 9.47 Å². The van der Waals surface area contributed by atoms with E-state index < -0.39 is 21.8 Å². The van der Waals surface area contributed by atoms with E-state index >= 15 is 0 Å². The summed E-state index contributed by atoms with van der Waals surface area (Å²) in [7, 11) is -3.87. The first-order chi connectivity index (χ1) is 16.4. The van der Waals surface area contributed by atoms with Gasteiger partial charge in [-0.25, -0.2) is 8.42 Å². The summed E-state index contributed by atoms with van der Waals surface area (Å²) >= 11 is 0. The minimum atomic E-state index is -3.87. The number of hydrogen-bond acceptors (Lipinski definition) is 7. The maximum absolute atomic E-state index is 12.6. The lowest BCUT2D eigenvalue weighted by Crippen LogP contribution is -2.37. The molecule has 34 heavy (non-hydrogen) atoms. The number of anilines is 1. The fourth-order valence-corrected chi connectivity index (χ4v) is 4.13. The van der Waals surface area contributed by atoms with Crippen LogP contribution in [0.2, 0.25) is 0 Å². The number of nitrogens with one attached hydrogen (secondary N) is 2. The molecule has 0 fully saturated rings. The monoisotopic (exact) mass is 482 g/mol. The first-order valence-electron chi connectivity index (χ1n) is 10.6. The predicted molar refractivity (Wildman–Crippen MR) is 129 cm³/mol. The quantitative estimate of drug-likeness (QED) is 0.378. The second-order valence-corrected chi connectivity index (χ2v) is 9.33. The Labute approximate surface area is 199 Å². The molecule has 0 spiro atoms. The van der Waals surface area contributed by atoms with Gasteiger partial charge in [0.25, 0.3) is 6.47 Å². The van der Waals surface area contributed by atoms with Crippen LogP contribution < -0.4 is 14.8 Å². The molecule has 0 saturated carbocycles. The molecule has 1 unspecified atom stereocenters. The van der Waals surface area contributed by atoms with Crippen LogP contribution in [-0.4, -0.2) is 33.1 Å². The number of carbonyl (C=O) groups is 2. The molecule has 1 amide bonds. The highest BCUT2D eigenvalue weighted by Crippen LogP contribution is 2.25. The number of hydrogen-bond donors (Lipinski definition) is 2. The van der Waals surface area contributed by atoms with Crippen LogP contribution in [0.4, 0.5) is 5.69 Å². The molecule has 1 atom stereocenters. The van der Waals surface area contributed by atoms with Crippen molar-refractivity contribution in [3.8, 4) is 11.5 Å². The van der Waals surface area contributed by atoms with Crippen LogP contribution in [0.1, 0.15) is 24.0 Å². The van der Waals surface area contributed by atoms with E-state index in [1.54, 1.807) is 55.5 Å². The predicted octanol–water partition coefficient (Wildman–Crippen LogP) is 3.81. The maximum atomic E-state index is 12.6. The Morgan fingerprint density at radius 2 is 1.68 bits per heavy atom. The van der Waals surface area contributed by atoms with E-state index in [2.05, 4.69) is 10.0 Å². The van der Waals surface area contributed by atoms with Crippen molar-refractivity contribution in [1.29, 1.82) is 0 Å². The van der Waals surface area contributed by atoms with E-state index in [0.717, 1.165) is 0 Å². The Morgan fingerprint density at radius 3 is 2.44 bits per heavy atom. The molecule has 0 aliphatic carbocycles. The number of carbonyl (C=O) groups excluding carboxylic acids is 2. The summed E-state index contributed by atoms with van der Waals surface area (Å²) in [5.41, 5.74) is 1.99. The van der Waals surface area contributed by atoms with Crippen LogP contribution in [0, 0.1) is 0 Å². The largest absolute Gasteiger partial charge is 0.463 e. The Balaban J connectivity index is 1.56. The average Bonchev–Trinajstić information content (AvgIpc) is 2.83. The third kappa shape index (κ3) is 7.35. The minimum Gasteiger partial charge on any atom is -0.463 e. The first kappa shape index (κ1) is 24.8. The van der Waals surface area contributed by atoms with E-state index in [0.29, 0.717) is 34.8 Å². The summed E-state index contributed by atoms with van der Waals surface area (Å²) in [4.78, 5) is 23.1. The van der Waals surface area contributed by atoms with Crippen LogP contribution in [0.5, 0.6) is 11.5 Å². The Bertz CT molecular complexity index is 1210. The van der Waals surface area contributed by atoms with E-state index in [1.807, 2.05) is 30.3 Å². The van der Waals surface area contributed by atoms with Gasteiger partial charge in [0.2, 0.25) is 15.9 Å². The van der Waals surface area contributed by atoms with Gasteiger partial charge >= 0.3 is 0 Å². The molecule has 3 aromatic rings. The van der Waals surface area contributed by atoms with Crippen molar-refractivity contribution >= 4 is 28.1 Å². The van der Waals surface area contributed by atoms with Gasteiger partial charge in [0.1, 0.15) is 18.1 Å². The van der Waals surface area contributed by atoms with E-state index in [-0.39, 0.29) is 18.9 Å².